The van der Waals surface area contributed by atoms with Gasteiger partial charge in [-0.15, -0.1) is 0 Å². The zero-order valence-electron chi connectivity index (χ0n) is 19.0. The molecule has 0 fully saturated rings. The molecule has 1 unspecified atom stereocenters. The Balaban J connectivity index is 2.13. The molecule has 0 aliphatic rings. The van der Waals surface area contributed by atoms with E-state index in [9.17, 15) is 13.2 Å². The maximum Gasteiger partial charge on any atom is 0.251 e. The van der Waals surface area contributed by atoms with Crippen LogP contribution < -0.4 is 14.8 Å². The smallest absolute Gasteiger partial charge is 0.251 e. The Bertz CT molecular complexity index is 988. The Kier molecular flexibility index (Phi) is 8.47. The summed E-state index contributed by atoms with van der Waals surface area (Å²) in [6, 6.07) is 11.1. The molecule has 0 heterocycles. The first-order valence-corrected chi connectivity index (χ1v) is 11.8. The minimum Gasteiger partial charge on any atom is -0.493 e. The van der Waals surface area contributed by atoms with Crippen molar-refractivity contribution in [1.82, 2.24) is 9.62 Å². The van der Waals surface area contributed by atoms with Gasteiger partial charge in [-0.1, -0.05) is 13.0 Å². The minimum absolute atomic E-state index is 0.153. The van der Waals surface area contributed by atoms with Gasteiger partial charge >= 0.3 is 0 Å². The predicted octanol–water partition coefficient (Wildman–Crippen LogP) is 4.00. The number of amides is 1. The van der Waals surface area contributed by atoms with Crippen LogP contribution in [0.1, 0.15) is 56.1 Å². The van der Waals surface area contributed by atoms with Crippen LogP contribution in [0, 0.1) is 0 Å². The van der Waals surface area contributed by atoms with E-state index < -0.39 is 10.0 Å². The van der Waals surface area contributed by atoms with Gasteiger partial charge in [-0.05, 0) is 69.2 Å². The largest absolute Gasteiger partial charge is 0.493 e. The number of carbonyl (C=O) groups is 1. The monoisotopic (exact) mass is 448 g/mol. The number of hydrogen-bond donors (Lipinski definition) is 1. The Morgan fingerprint density at radius 2 is 1.71 bits per heavy atom. The molecular formula is C23H32N2O5S. The summed E-state index contributed by atoms with van der Waals surface area (Å²) in [5, 5.41) is 2.93. The molecule has 1 N–H and O–H groups in total. The summed E-state index contributed by atoms with van der Waals surface area (Å²) < 4.78 is 37.5. The number of ether oxygens (including phenoxy) is 2. The Morgan fingerprint density at radius 3 is 2.26 bits per heavy atom. The summed E-state index contributed by atoms with van der Waals surface area (Å²) in [6.45, 7) is 8.11. The molecule has 0 aromatic heterocycles. The summed E-state index contributed by atoms with van der Waals surface area (Å²) in [4.78, 5) is 12.8. The molecule has 170 valence electrons. The molecule has 31 heavy (non-hydrogen) atoms. The lowest BCUT2D eigenvalue weighted by molar-refractivity contribution is 0.0939. The summed E-state index contributed by atoms with van der Waals surface area (Å²) in [7, 11) is -0.476. The number of rotatable bonds is 10. The molecule has 0 aliphatic carbocycles. The quantitative estimate of drug-likeness (QED) is 0.594. The predicted molar refractivity (Wildman–Crippen MR) is 121 cm³/mol. The van der Waals surface area contributed by atoms with Gasteiger partial charge in [-0.3, -0.25) is 4.79 Å². The van der Waals surface area contributed by atoms with Crippen molar-refractivity contribution in [2.45, 2.75) is 51.1 Å². The molecular weight excluding hydrogens is 416 g/mol. The van der Waals surface area contributed by atoms with Gasteiger partial charge in [0.15, 0.2) is 11.5 Å². The fourth-order valence-corrected chi connectivity index (χ4v) is 4.24. The van der Waals surface area contributed by atoms with E-state index in [0.29, 0.717) is 23.7 Å². The van der Waals surface area contributed by atoms with Crippen molar-refractivity contribution in [2.75, 3.05) is 20.8 Å². The molecule has 0 saturated carbocycles. The van der Waals surface area contributed by atoms with Crippen molar-refractivity contribution in [2.24, 2.45) is 0 Å². The average molecular weight is 449 g/mol. The molecule has 0 radical (unpaired) electrons. The highest BCUT2D eigenvalue weighted by Crippen LogP contribution is 2.30. The number of sulfonamides is 1. The van der Waals surface area contributed by atoms with Crippen LogP contribution in [0.3, 0.4) is 0 Å². The molecule has 0 saturated heterocycles. The molecule has 0 bridgehead atoms. The third-order valence-electron chi connectivity index (χ3n) is 5.02. The lowest BCUT2D eigenvalue weighted by atomic mass is 10.1. The highest BCUT2D eigenvalue weighted by Gasteiger charge is 2.23. The van der Waals surface area contributed by atoms with E-state index in [-0.39, 0.29) is 22.9 Å². The van der Waals surface area contributed by atoms with Crippen molar-refractivity contribution in [3.8, 4) is 11.5 Å². The fraction of sp³-hybridized carbons (Fsp3) is 0.435. The fourth-order valence-electron chi connectivity index (χ4n) is 2.87. The molecule has 1 atom stereocenters. The third kappa shape index (κ3) is 5.98. The molecule has 2 aromatic carbocycles. The number of nitrogens with one attached hydrogen (secondary N) is 1. The van der Waals surface area contributed by atoms with Crippen LogP contribution in [-0.2, 0) is 10.0 Å². The van der Waals surface area contributed by atoms with Gasteiger partial charge in [0.05, 0.1) is 24.7 Å². The Labute approximate surface area is 185 Å². The van der Waals surface area contributed by atoms with Gasteiger partial charge in [0.25, 0.3) is 5.91 Å². The van der Waals surface area contributed by atoms with Crippen LogP contribution in [0.25, 0.3) is 0 Å². The van der Waals surface area contributed by atoms with Gasteiger partial charge < -0.3 is 14.8 Å². The van der Waals surface area contributed by atoms with E-state index in [1.807, 2.05) is 32.0 Å². The Morgan fingerprint density at radius 1 is 1.06 bits per heavy atom. The van der Waals surface area contributed by atoms with Crippen LogP contribution >= 0.6 is 0 Å². The normalized spacial score (nSPS) is 12.6. The van der Waals surface area contributed by atoms with Gasteiger partial charge in [-0.25, -0.2) is 8.42 Å². The summed E-state index contributed by atoms with van der Waals surface area (Å²) in [5.41, 5.74) is 1.25. The second kappa shape index (κ2) is 10.6. The van der Waals surface area contributed by atoms with Crippen molar-refractivity contribution in [3.05, 3.63) is 53.6 Å². The molecule has 0 aliphatic heterocycles. The van der Waals surface area contributed by atoms with Crippen LogP contribution in [0.15, 0.2) is 47.4 Å². The molecule has 2 aromatic rings. The zero-order valence-corrected chi connectivity index (χ0v) is 19.8. The standard InChI is InChI=1S/C23H32N2O5S/c1-7-14-30-21-13-10-19(15-22(21)29-6)17(4)24-23(26)18-8-11-20(12-9-18)31(27,28)25(5)16(2)3/h8-13,15-17H,7,14H2,1-6H3,(H,24,26). The van der Waals surface area contributed by atoms with Gasteiger partial charge in [0, 0.05) is 18.7 Å². The van der Waals surface area contributed by atoms with Crippen molar-refractivity contribution in [1.29, 1.82) is 0 Å². The summed E-state index contributed by atoms with van der Waals surface area (Å²) in [6.07, 6.45) is 0.894. The number of hydrogen-bond acceptors (Lipinski definition) is 5. The van der Waals surface area contributed by atoms with E-state index >= 15 is 0 Å². The molecule has 8 heteroatoms. The third-order valence-corrected chi connectivity index (χ3v) is 7.07. The molecule has 7 nitrogen and oxygen atoms in total. The van der Waals surface area contributed by atoms with E-state index in [0.717, 1.165) is 12.0 Å². The maximum atomic E-state index is 12.7. The van der Waals surface area contributed by atoms with Gasteiger partial charge in [-0.2, -0.15) is 4.31 Å². The zero-order chi connectivity index (χ0) is 23.2. The molecule has 0 spiro atoms. The highest BCUT2D eigenvalue weighted by molar-refractivity contribution is 7.89. The maximum absolute atomic E-state index is 12.7. The first kappa shape index (κ1) is 24.7. The lowest BCUT2D eigenvalue weighted by Crippen LogP contribution is -2.33. The second-order valence-corrected chi connectivity index (χ2v) is 9.59. The van der Waals surface area contributed by atoms with Crippen LogP contribution in [0.4, 0.5) is 0 Å². The molecule has 2 rings (SSSR count). The van der Waals surface area contributed by atoms with E-state index in [1.54, 1.807) is 21.0 Å². The van der Waals surface area contributed by atoms with E-state index in [4.69, 9.17) is 9.47 Å². The van der Waals surface area contributed by atoms with Gasteiger partial charge in [0.2, 0.25) is 10.0 Å². The lowest BCUT2D eigenvalue weighted by Gasteiger charge is -2.21. The number of carbonyl (C=O) groups excluding carboxylic acids is 1. The first-order chi connectivity index (χ1) is 14.6. The minimum atomic E-state index is -3.59. The first-order valence-electron chi connectivity index (χ1n) is 10.3. The van der Waals surface area contributed by atoms with Crippen molar-refractivity contribution < 1.29 is 22.7 Å². The SMILES string of the molecule is CCCOc1ccc(C(C)NC(=O)c2ccc(S(=O)(=O)N(C)C(C)C)cc2)cc1OC. The Hall–Kier alpha value is -2.58. The van der Waals surface area contributed by atoms with E-state index in [1.165, 1.54) is 35.6 Å². The number of benzene rings is 2. The average Bonchev–Trinajstić information content (AvgIpc) is 2.76. The topological polar surface area (TPSA) is 84.9 Å². The summed E-state index contributed by atoms with van der Waals surface area (Å²) >= 11 is 0. The number of nitrogens with zero attached hydrogens (tertiary/aromatic N) is 1. The highest BCUT2D eigenvalue weighted by atomic mass is 32.2. The van der Waals surface area contributed by atoms with Crippen LogP contribution in [-0.4, -0.2) is 45.4 Å². The van der Waals surface area contributed by atoms with E-state index in [2.05, 4.69) is 5.32 Å². The van der Waals surface area contributed by atoms with Gasteiger partial charge in [0.1, 0.15) is 0 Å². The van der Waals surface area contributed by atoms with Crippen molar-refractivity contribution in [3.63, 3.8) is 0 Å². The molecule has 1 amide bonds. The van der Waals surface area contributed by atoms with Crippen molar-refractivity contribution >= 4 is 15.9 Å². The van der Waals surface area contributed by atoms with Crippen LogP contribution in [0.2, 0.25) is 0 Å². The number of methoxy groups -OCH3 is 1. The summed E-state index contributed by atoms with van der Waals surface area (Å²) in [5.74, 6) is 0.976. The van der Waals surface area contributed by atoms with Crippen LogP contribution in [0.5, 0.6) is 11.5 Å². The second-order valence-electron chi connectivity index (χ2n) is 7.59.